The monoisotopic (exact) mass is 366 g/mol. The van der Waals surface area contributed by atoms with Crippen molar-refractivity contribution in [2.75, 3.05) is 13.1 Å². The van der Waals surface area contributed by atoms with Crippen molar-refractivity contribution in [1.82, 2.24) is 9.88 Å². The maximum Gasteiger partial charge on any atom is 0.255 e. The van der Waals surface area contributed by atoms with Crippen molar-refractivity contribution in [3.05, 3.63) is 48.2 Å². The molecule has 1 atom stereocenters. The summed E-state index contributed by atoms with van der Waals surface area (Å²) < 4.78 is 0. The molecule has 5 nitrogen and oxygen atoms in total. The summed E-state index contributed by atoms with van der Waals surface area (Å²) in [5.74, 6) is 0.661. The Kier molecular flexibility index (Phi) is 5.89. The highest BCUT2D eigenvalue weighted by Gasteiger charge is 2.29. The highest BCUT2D eigenvalue weighted by molar-refractivity contribution is 5.94. The zero-order chi connectivity index (χ0) is 19.4. The van der Waals surface area contributed by atoms with Gasteiger partial charge in [-0.05, 0) is 43.0 Å². The van der Waals surface area contributed by atoms with Crippen LogP contribution in [0.3, 0.4) is 0 Å². The van der Waals surface area contributed by atoms with Crippen molar-refractivity contribution in [2.24, 2.45) is 11.8 Å². The summed E-state index contributed by atoms with van der Waals surface area (Å²) >= 11 is 0. The molecule has 1 saturated heterocycles. The van der Waals surface area contributed by atoms with Crippen molar-refractivity contribution in [3.63, 3.8) is 0 Å². The van der Waals surface area contributed by atoms with Crippen molar-refractivity contribution in [1.29, 1.82) is 0 Å². The number of aromatic hydroxyl groups is 1. The van der Waals surface area contributed by atoms with E-state index in [0.29, 0.717) is 36.7 Å². The van der Waals surface area contributed by atoms with E-state index >= 15 is 0 Å². The van der Waals surface area contributed by atoms with E-state index in [1.807, 2.05) is 19.9 Å². The van der Waals surface area contributed by atoms with Gasteiger partial charge in [-0.15, -0.1) is 0 Å². The van der Waals surface area contributed by atoms with Gasteiger partial charge in [0.05, 0.1) is 11.3 Å². The Morgan fingerprint density at radius 3 is 2.74 bits per heavy atom. The van der Waals surface area contributed by atoms with Gasteiger partial charge in [-0.25, -0.2) is 0 Å². The Morgan fingerprint density at radius 1 is 1.26 bits per heavy atom. The van der Waals surface area contributed by atoms with Crippen molar-refractivity contribution in [3.8, 4) is 17.0 Å². The number of hydrogen-bond acceptors (Lipinski definition) is 4. The molecule has 0 bridgehead atoms. The van der Waals surface area contributed by atoms with Crippen LogP contribution in [0.1, 0.15) is 43.5 Å². The number of hydrogen-bond donors (Lipinski definition) is 1. The number of carbonyl (C=O) groups is 2. The minimum atomic E-state index is -0.0768. The van der Waals surface area contributed by atoms with Gasteiger partial charge in [0.2, 0.25) is 0 Å². The quantitative estimate of drug-likeness (QED) is 0.871. The van der Waals surface area contributed by atoms with Crippen LogP contribution >= 0.6 is 0 Å². The fourth-order valence-corrected chi connectivity index (χ4v) is 3.53. The molecule has 5 heteroatoms. The molecule has 1 aromatic heterocycles. The van der Waals surface area contributed by atoms with Gasteiger partial charge in [0, 0.05) is 37.2 Å². The summed E-state index contributed by atoms with van der Waals surface area (Å²) in [6, 6.07) is 10.4. The summed E-state index contributed by atoms with van der Waals surface area (Å²) in [5.41, 5.74) is 2.02. The van der Waals surface area contributed by atoms with Gasteiger partial charge in [0.1, 0.15) is 11.5 Å². The summed E-state index contributed by atoms with van der Waals surface area (Å²) in [7, 11) is 0. The third kappa shape index (κ3) is 4.73. The second-order valence-electron chi connectivity index (χ2n) is 7.64. The van der Waals surface area contributed by atoms with Crippen molar-refractivity contribution >= 4 is 11.7 Å². The highest BCUT2D eigenvalue weighted by Crippen LogP contribution is 2.24. The van der Waals surface area contributed by atoms with E-state index in [2.05, 4.69) is 4.98 Å². The second-order valence-corrected chi connectivity index (χ2v) is 7.64. The normalized spacial score (nSPS) is 17.1. The topological polar surface area (TPSA) is 70.5 Å². The number of phenols is 1. The Hall–Kier alpha value is -2.69. The minimum Gasteiger partial charge on any atom is -0.508 e. The van der Waals surface area contributed by atoms with E-state index in [1.54, 1.807) is 41.4 Å². The Labute approximate surface area is 160 Å². The smallest absolute Gasteiger partial charge is 0.255 e. The molecule has 1 N–H and O–H groups in total. The molecule has 0 spiro atoms. The summed E-state index contributed by atoms with van der Waals surface area (Å²) in [6.07, 6.45) is 3.87. The maximum atomic E-state index is 12.8. The highest BCUT2D eigenvalue weighted by atomic mass is 16.3. The van der Waals surface area contributed by atoms with Crippen molar-refractivity contribution in [2.45, 2.75) is 33.1 Å². The number of benzene rings is 1. The van der Waals surface area contributed by atoms with Gasteiger partial charge >= 0.3 is 0 Å². The van der Waals surface area contributed by atoms with Crippen LogP contribution in [0.25, 0.3) is 11.3 Å². The number of ketones is 1. The van der Waals surface area contributed by atoms with Crippen LogP contribution in [0.5, 0.6) is 5.75 Å². The number of piperidine rings is 1. The Bertz CT molecular complexity index is 815. The number of pyridine rings is 1. The number of nitrogens with zero attached hydrogens (tertiary/aromatic N) is 2. The first kappa shape index (κ1) is 19.1. The number of amides is 1. The number of likely N-dealkylation sites (tertiary alicyclic amines) is 1. The maximum absolute atomic E-state index is 12.8. The summed E-state index contributed by atoms with van der Waals surface area (Å²) in [5, 5.41) is 9.60. The predicted molar refractivity (Wildman–Crippen MR) is 104 cm³/mol. The molecule has 0 radical (unpaired) electrons. The molecule has 2 aromatic rings. The fraction of sp³-hybridized carbons (Fsp3) is 0.409. The van der Waals surface area contributed by atoms with Crippen LogP contribution in [0.15, 0.2) is 42.6 Å². The third-order valence-electron chi connectivity index (χ3n) is 4.93. The molecule has 1 aliphatic heterocycles. The number of carbonyl (C=O) groups excluding carboxylic acids is 2. The molecule has 1 fully saturated rings. The molecule has 1 aliphatic rings. The molecule has 0 aliphatic carbocycles. The van der Waals surface area contributed by atoms with Gasteiger partial charge in [-0.3, -0.25) is 14.6 Å². The van der Waals surface area contributed by atoms with E-state index < -0.39 is 0 Å². The average Bonchev–Trinajstić information content (AvgIpc) is 2.67. The summed E-state index contributed by atoms with van der Waals surface area (Å²) in [6.45, 7) is 5.27. The lowest BCUT2D eigenvalue weighted by Gasteiger charge is -2.32. The molecule has 2 heterocycles. The Balaban J connectivity index is 1.69. The van der Waals surface area contributed by atoms with Crippen LogP contribution in [0.4, 0.5) is 0 Å². The van der Waals surface area contributed by atoms with E-state index in [9.17, 15) is 14.7 Å². The molecular weight excluding hydrogens is 340 g/mol. The predicted octanol–water partition coefficient (Wildman–Crippen LogP) is 3.92. The lowest BCUT2D eigenvalue weighted by molar-refractivity contribution is -0.124. The Morgan fingerprint density at radius 2 is 2.07 bits per heavy atom. The fourth-order valence-electron chi connectivity index (χ4n) is 3.53. The van der Waals surface area contributed by atoms with Gasteiger partial charge in [-0.2, -0.15) is 0 Å². The molecule has 1 aromatic carbocycles. The third-order valence-corrected chi connectivity index (χ3v) is 4.93. The van der Waals surface area contributed by atoms with Gasteiger partial charge in [-0.1, -0.05) is 26.0 Å². The van der Waals surface area contributed by atoms with E-state index in [4.69, 9.17) is 0 Å². The van der Waals surface area contributed by atoms with E-state index in [1.165, 1.54) is 0 Å². The molecule has 1 unspecified atom stereocenters. The average molecular weight is 366 g/mol. The van der Waals surface area contributed by atoms with Gasteiger partial charge in [0.15, 0.2) is 0 Å². The van der Waals surface area contributed by atoms with Crippen LogP contribution in [-0.2, 0) is 4.79 Å². The summed E-state index contributed by atoms with van der Waals surface area (Å²) in [4.78, 5) is 31.3. The number of rotatable bonds is 5. The van der Waals surface area contributed by atoms with Gasteiger partial charge < -0.3 is 10.0 Å². The molecule has 1 amide bonds. The van der Waals surface area contributed by atoms with E-state index in [0.717, 1.165) is 18.4 Å². The van der Waals surface area contributed by atoms with Crippen molar-refractivity contribution < 1.29 is 14.7 Å². The molecule has 3 rings (SSSR count). The second kappa shape index (κ2) is 8.33. The first-order valence-corrected chi connectivity index (χ1v) is 9.51. The standard InChI is InChI=1S/C22H26N2O3/c1-15(2)11-21(26)18-6-4-10-24(14-18)22(27)17-8-9-20(23-13-17)16-5-3-7-19(25)12-16/h3,5,7-9,12-13,15,18,25H,4,6,10-11,14H2,1-2H3. The van der Waals surface area contributed by atoms with Crippen LogP contribution < -0.4 is 0 Å². The van der Waals surface area contributed by atoms with Crippen LogP contribution in [0.2, 0.25) is 0 Å². The van der Waals surface area contributed by atoms with Crippen LogP contribution in [0, 0.1) is 11.8 Å². The lowest BCUT2D eigenvalue weighted by Crippen LogP contribution is -2.42. The largest absolute Gasteiger partial charge is 0.508 e. The number of aromatic nitrogens is 1. The first-order chi connectivity index (χ1) is 12.9. The first-order valence-electron chi connectivity index (χ1n) is 9.51. The number of phenolic OH excluding ortho intramolecular Hbond substituents is 1. The minimum absolute atomic E-state index is 0.0513. The molecule has 0 saturated carbocycles. The molecule has 142 valence electrons. The zero-order valence-electron chi connectivity index (χ0n) is 15.9. The zero-order valence-corrected chi connectivity index (χ0v) is 15.9. The van der Waals surface area contributed by atoms with Gasteiger partial charge in [0.25, 0.3) is 5.91 Å². The van der Waals surface area contributed by atoms with E-state index in [-0.39, 0.29) is 23.4 Å². The molecule has 27 heavy (non-hydrogen) atoms. The lowest BCUT2D eigenvalue weighted by atomic mass is 9.89. The van der Waals surface area contributed by atoms with Crippen LogP contribution in [-0.4, -0.2) is 39.8 Å². The SMILES string of the molecule is CC(C)CC(=O)C1CCCN(C(=O)c2ccc(-c3cccc(O)c3)nc2)C1. The molecular formula is C22H26N2O3. The number of Topliss-reactive ketones (excluding diaryl/α,β-unsaturated/α-hetero) is 1.